The summed E-state index contributed by atoms with van der Waals surface area (Å²) in [6, 6.07) is 2.67. The molecule has 1 heterocycles. The number of nitrogens with one attached hydrogen (secondary N) is 1. The van der Waals surface area contributed by atoms with Crippen molar-refractivity contribution in [3.05, 3.63) is 17.7 Å². The minimum absolute atomic E-state index is 0.00770. The Morgan fingerprint density at radius 3 is 2.25 bits per heavy atom. The van der Waals surface area contributed by atoms with Crippen molar-refractivity contribution in [2.75, 3.05) is 26.2 Å². The number of phenols is 3. The maximum absolute atomic E-state index is 10.1. The summed E-state index contributed by atoms with van der Waals surface area (Å²) < 4.78 is 0. The predicted molar refractivity (Wildman–Crippen MR) is 76.0 cm³/mol. The standard InChI is InChI=1S/C15H22N2O3/c18-11-8-13(19)15(14(20)9-11)12(7-10-1-2-10)17-5-3-16-4-6-17/h8-10,12,16,18-20H,1-7H2/t12-/m1/s1. The average molecular weight is 278 g/mol. The van der Waals surface area contributed by atoms with E-state index in [1.807, 2.05) is 0 Å². The molecule has 20 heavy (non-hydrogen) atoms. The molecule has 1 aliphatic heterocycles. The highest BCUT2D eigenvalue weighted by Gasteiger charge is 2.33. The molecule has 5 nitrogen and oxygen atoms in total. The fourth-order valence-corrected chi connectivity index (χ4v) is 3.06. The number of rotatable bonds is 4. The quantitative estimate of drug-likeness (QED) is 0.672. The first-order valence-corrected chi connectivity index (χ1v) is 7.34. The van der Waals surface area contributed by atoms with Gasteiger partial charge in [-0.05, 0) is 12.3 Å². The van der Waals surface area contributed by atoms with E-state index in [9.17, 15) is 15.3 Å². The Kier molecular flexibility index (Phi) is 3.72. The lowest BCUT2D eigenvalue weighted by Gasteiger charge is -2.36. The Balaban J connectivity index is 1.91. The van der Waals surface area contributed by atoms with Crippen molar-refractivity contribution in [2.24, 2.45) is 5.92 Å². The monoisotopic (exact) mass is 278 g/mol. The fraction of sp³-hybridized carbons (Fsp3) is 0.600. The van der Waals surface area contributed by atoms with Gasteiger partial charge in [0.2, 0.25) is 0 Å². The van der Waals surface area contributed by atoms with Gasteiger partial charge in [0.25, 0.3) is 0 Å². The molecule has 0 amide bonds. The van der Waals surface area contributed by atoms with Crippen molar-refractivity contribution in [3.63, 3.8) is 0 Å². The second kappa shape index (κ2) is 5.50. The Morgan fingerprint density at radius 1 is 1.10 bits per heavy atom. The molecule has 1 saturated carbocycles. The third-order valence-corrected chi connectivity index (χ3v) is 4.30. The van der Waals surface area contributed by atoms with E-state index in [4.69, 9.17) is 0 Å². The van der Waals surface area contributed by atoms with Gasteiger partial charge in [-0.15, -0.1) is 0 Å². The minimum Gasteiger partial charge on any atom is -0.508 e. The molecule has 0 spiro atoms. The highest BCUT2D eigenvalue weighted by molar-refractivity contribution is 5.50. The zero-order valence-corrected chi connectivity index (χ0v) is 11.5. The number of benzene rings is 1. The molecule has 1 atom stereocenters. The average Bonchev–Trinajstić information content (AvgIpc) is 3.21. The maximum atomic E-state index is 10.1. The second-order valence-corrected chi connectivity index (χ2v) is 5.88. The van der Waals surface area contributed by atoms with E-state index in [1.165, 1.54) is 25.0 Å². The summed E-state index contributed by atoms with van der Waals surface area (Å²) in [4.78, 5) is 2.32. The summed E-state index contributed by atoms with van der Waals surface area (Å²) >= 11 is 0. The van der Waals surface area contributed by atoms with Crippen LogP contribution in [0.5, 0.6) is 17.2 Å². The molecule has 2 aliphatic rings. The van der Waals surface area contributed by atoms with Crippen LogP contribution in [0.25, 0.3) is 0 Å². The Morgan fingerprint density at radius 2 is 1.70 bits per heavy atom. The molecule has 5 heteroatoms. The normalized spacial score (nSPS) is 21.8. The van der Waals surface area contributed by atoms with Crippen molar-refractivity contribution >= 4 is 0 Å². The van der Waals surface area contributed by atoms with Crippen LogP contribution in [0.1, 0.15) is 30.9 Å². The molecule has 0 unspecified atom stereocenters. The number of aromatic hydroxyl groups is 3. The van der Waals surface area contributed by atoms with Gasteiger partial charge in [0.1, 0.15) is 17.2 Å². The predicted octanol–water partition coefficient (Wildman–Crippen LogP) is 1.55. The summed E-state index contributed by atoms with van der Waals surface area (Å²) in [5.74, 6) is 0.579. The lowest BCUT2D eigenvalue weighted by Crippen LogP contribution is -2.45. The van der Waals surface area contributed by atoms with Crippen LogP contribution in [-0.2, 0) is 0 Å². The molecule has 2 fully saturated rings. The molecule has 0 bridgehead atoms. The van der Waals surface area contributed by atoms with Crippen LogP contribution >= 0.6 is 0 Å². The number of hydrogen-bond acceptors (Lipinski definition) is 5. The molecular weight excluding hydrogens is 256 g/mol. The molecule has 1 aliphatic carbocycles. The Hall–Kier alpha value is -1.46. The van der Waals surface area contributed by atoms with Gasteiger partial charge >= 0.3 is 0 Å². The van der Waals surface area contributed by atoms with Crippen molar-refractivity contribution in [1.29, 1.82) is 0 Å². The molecule has 1 aromatic carbocycles. The lowest BCUT2D eigenvalue weighted by molar-refractivity contribution is 0.155. The van der Waals surface area contributed by atoms with Crippen LogP contribution in [0.15, 0.2) is 12.1 Å². The van der Waals surface area contributed by atoms with Gasteiger partial charge in [-0.2, -0.15) is 0 Å². The van der Waals surface area contributed by atoms with E-state index in [0.717, 1.165) is 32.6 Å². The number of phenolic OH excluding ortho intramolecular Hbond substituents is 3. The van der Waals surface area contributed by atoms with E-state index in [2.05, 4.69) is 10.2 Å². The smallest absolute Gasteiger partial charge is 0.127 e. The third kappa shape index (κ3) is 2.83. The third-order valence-electron chi connectivity index (χ3n) is 4.30. The van der Waals surface area contributed by atoms with E-state index in [-0.39, 0.29) is 23.3 Å². The SMILES string of the molecule is Oc1cc(O)c([C@@H](CC2CC2)N2CCNCC2)c(O)c1. The highest BCUT2D eigenvalue weighted by atomic mass is 16.3. The van der Waals surface area contributed by atoms with Crippen molar-refractivity contribution in [1.82, 2.24) is 10.2 Å². The minimum atomic E-state index is -0.103. The zero-order chi connectivity index (χ0) is 14.1. The van der Waals surface area contributed by atoms with Crippen LogP contribution in [0.2, 0.25) is 0 Å². The molecule has 1 aromatic rings. The Bertz CT molecular complexity index is 459. The van der Waals surface area contributed by atoms with Gasteiger partial charge in [0.05, 0.1) is 5.56 Å². The first-order chi connectivity index (χ1) is 9.65. The van der Waals surface area contributed by atoms with Crippen molar-refractivity contribution in [2.45, 2.75) is 25.3 Å². The van der Waals surface area contributed by atoms with Gasteiger partial charge in [-0.3, -0.25) is 4.90 Å². The van der Waals surface area contributed by atoms with Crippen LogP contribution in [-0.4, -0.2) is 46.4 Å². The van der Waals surface area contributed by atoms with E-state index in [0.29, 0.717) is 11.5 Å². The summed E-state index contributed by atoms with van der Waals surface area (Å²) in [5, 5.41) is 33.1. The topological polar surface area (TPSA) is 76.0 Å². The lowest BCUT2D eigenvalue weighted by atomic mass is 9.96. The molecule has 0 radical (unpaired) electrons. The molecule has 4 N–H and O–H groups in total. The first kappa shape index (κ1) is 13.5. The number of nitrogens with zero attached hydrogens (tertiary/aromatic N) is 1. The van der Waals surface area contributed by atoms with Crippen molar-refractivity contribution in [3.8, 4) is 17.2 Å². The van der Waals surface area contributed by atoms with Crippen LogP contribution in [0, 0.1) is 5.92 Å². The molecule has 3 rings (SSSR count). The second-order valence-electron chi connectivity index (χ2n) is 5.88. The van der Waals surface area contributed by atoms with Crippen molar-refractivity contribution < 1.29 is 15.3 Å². The van der Waals surface area contributed by atoms with E-state index >= 15 is 0 Å². The summed E-state index contributed by atoms with van der Waals surface area (Å²) in [6.45, 7) is 3.69. The molecule has 1 saturated heterocycles. The van der Waals surface area contributed by atoms with Gasteiger partial charge in [-0.25, -0.2) is 0 Å². The van der Waals surface area contributed by atoms with E-state index < -0.39 is 0 Å². The van der Waals surface area contributed by atoms with Gasteiger partial charge in [0.15, 0.2) is 0 Å². The van der Waals surface area contributed by atoms with Crippen LogP contribution < -0.4 is 5.32 Å². The molecule has 110 valence electrons. The largest absolute Gasteiger partial charge is 0.508 e. The molecule has 0 aromatic heterocycles. The van der Waals surface area contributed by atoms with Gasteiger partial charge in [0, 0.05) is 44.4 Å². The number of hydrogen-bond donors (Lipinski definition) is 4. The number of piperazine rings is 1. The first-order valence-electron chi connectivity index (χ1n) is 7.34. The van der Waals surface area contributed by atoms with Crippen LogP contribution in [0.4, 0.5) is 0 Å². The van der Waals surface area contributed by atoms with E-state index in [1.54, 1.807) is 0 Å². The fourth-order valence-electron chi connectivity index (χ4n) is 3.06. The summed E-state index contributed by atoms with van der Waals surface area (Å²) in [6.07, 6.45) is 3.44. The van der Waals surface area contributed by atoms with Gasteiger partial charge < -0.3 is 20.6 Å². The molecular formula is C15H22N2O3. The van der Waals surface area contributed by atoms with Crippen LogP contribution in [0.3, 0.4) is 0 Å². The summed E-state index contributed by atoms with van der Waals surface area (Å²) in [5.41, 5.74) is 0.566. The van der Waals surface area contributed by atoms with Gasteiger partial charge in [-0.1, -0.05) is 12.8 Å². The summed E-state index contributed by atoms with van der Waals surface area (Å²) in [7, 11) is 0. The highest BCUT2D eigenvalue weighted by Crippen LogP contribution is 2.46. The zero-order valence-electron chi connectivity index (χ0n) is 11.5. The maximum Gasteiger partial charge on any atom is 0.127 e. The Labute approximate surface area is 118 Å².